The molecule has 0 radical (unpaired) electrons. The van der Waals surface area contributed by atoms with Crippen LogP contribution in [-0.4, -0.2) is 17.1 Å². The van der Waals surface area contributed by atoms with Crippen LogP contribution in [0.2, 0.25) is 5.15 Å². The number of halogens is 1. The number of benzene rings is 2. The summed E-state index contributed by atoms with van der Waals surface area (Å²) in [5.74, 6) is 1.42. The van der Waals surface area contributed by atoms with Crippen LogP contribution in [0.25, 0.3) is 22.3 Å². The molecular formula is C15H11ClN2O. The van der Waals surface area contributed by atoms with Crippen LogP contribution >= 0.6 is 11.6 Å². The monoisotopic (exact) mass is 270 g/mol. The van der Waals surface area contributed by atoms with Gasteiger partial charge in [-0.15, -0.1) is 0 Å². The van der Waals surface area contributed by atoms with Gasteiger partial charge in [0.2, 0.25) is 0 Å². The van der Waals surface area contributed by atoms with E-state index in [1.54, 1.807) is 7.11 Å². The van der Waals surface area contributed by atoms with Gasteiger partial charge in [0.15, 0.2) is 5.82 Å². The molecule has 0 saturated carbocycles. The Bertz CT molecular complexity index is 726. The van der Waals surface area contributed by atoms with Crippen molar-refractivity contribution in [1.29, 1.82) is 0 Å². The van der Waals surface area contributed by atoms with Crippen LogP contribution in [0.5, 0.6) is 5.75 Å². The Morgan fingerprint density at radius 3 is 2.42 bits per heavy atom. The Labute approximate surface area is 115 Å². The molecule has 0 aliphatic heterocycles. The van der Waals surface area contributed by atoms with Crippen molar-refractivity contribution < 1.29 is 4.74 Å². The molecule has 0 N–H and O–H groups in total. The van der Waals surface area contributed by atoms with E-state index in [0.717, 1.165) is 22.2 Å². The van der Waals surface area contributed by atoms with Crippen molar-refractivity contribution >= 4 is 22.5 Å². The van der Waals surface area contributed by atoms with Crippen LogP contribution in [0.3, 0.4) is 0 Å². The Morgan fingerprint density at radius 2 is 1.68 bits per heavy atom. The fourth-order valence-corrected chi connectivity index (χ4v) is 2.15. The summed E-state index contributed by atoms with van der Waals surface area (Å²) < 4.78 is 5.13. The van der Waals surface area contributed by atoms with Crippen molar-refractivity contribution in [1.82, 2.24) is 9.97 Å². The largest absolute Gasteiger partial charge is 0.497 e. The molecule has 0 amide bonds. The van der Waals surface area contributed by atoms with Crippen molar-refractivity contribution in [2.75, 3.05) is 7.11 Å². The molecule has 0 spiro atoms. The Balaban J connectivity index is 2.14. The minimum atomic E-state index is 0.469. The summed E-state index contributed by atoms with van der Waals surface area (Å²) in [5.41, 5.74) is 1.75. The number of para-hydroxylation sites is 1. The molecule has 0 bridgehead atoms. The Hall–Kier alpha value is -2.13. The first-order chi connectivity index (χ1) is 9.28. The van der Waals surface area contributed by atoms with Gasteiger partial charge in [0.05, 0.1) is 12.6 Å². The van der Waals surface area contributed by atoms with Gasteiger partial charge in [-0.1, -0.05) is 23.7 Å². The number of hydrogen-bond donors (Lipinski definition) is 0. The number of rotatable bonds is 2. The molecule has 0 atom stereocenters. The summed E-state index contributed by atoms with van der Waals surface area (Å²) in [6.45, 7) is 0. The van der Waals surface area contributed by atoms with Crippen molar-refractivity contribution in [3.05, 3.63) is 53.7 Å². The maximum absolute atomic E-state index is 6.19. The number of methoxy groups -OCH3 is 1. The van der Waals surface area contributed by atoms with Gasteiger partial charge >= 0.3 is 0 Å². The van der Waals surface area contributed by atoms with Crippen molar-refractivity contribution in [3.8, 4) is 17.1 Å². The van der Waals surface area contributed by atoms with Crippen LogP contribution < -0.4 is 4.74 Å². The zero-order valence-electron chi connectivity index (χ0n) is 10.3. The summed E-state index contributed by atoms with van der Waals surface area (Å²) in [5, 5.41) is 1.33. The highest BCUT2D eigenvalue weighted by Gasteiger charge is 2.07. The molecule has 0 fully saturated rings. The molecule has 0 aliphatic carbocycles. The standard InChI is InChI=1S/C15H11ClN2O/c1-19-11-8-6-10(7-9-11)15-17-13-5-3-2-4-12(13)14(16)18-15/h2-9H,1H3. The average molecular weight is 271 g/mol. The lowest BCUT2D eigenvalue weighted by atomic mass is 10.2. The lowest BCUT2D eigenvalue weighted by molar-refractivity contribution is 0.415. The molecule has 1 heterocycles. The highest BCUT2D eigenvalue weighted by molar-refractivity contribution is 6.34. The second kappa shape index (κ2) is 4.86. The SMILES string of the molecule is COc1ccc(-c2nc(Cl)c3ccccc3n2)cc1. The van der Waals surface area contributed by atoms with Crippen LogP contribution in [0.4, 0.5) is 0 Å². The molecule has 0 aliphatic rings. The van der Waals surface area contributed by atoms with Gasteiger partial charge in [-0.2, -0.15) is 0 Å². The van der Waals surface area contributed by atoms with E-state index in [1.807, 2.05) is 48.5 Å². The van der Waals surface area contributed by atoms with Gasteiger partial charge in [-0.05, 0) is 36.4 Å². The van der Waals surface area contributed by atoms with Crippen molar-refractivity contribution in [2.45, 2.75) is 0 Å². The maximum atomic E-state index is 6.19. The first-order valence-corrected chi connectivity index (χ1v) is 6.22. The van der Waals surface area contributed by atoms with Gasteiger partial charge < -0.3 is 4.74 Å². The van der Waals surface area contributed by atoms with Gasteiger partial charge in [-0.3, -0.25) is 0 Å². The van der Waals surface area contributed by atoms with E-state index >= 15 is 0 Å². The van der Waals surface area contributed by atoms with E-state index in [2.05, 4.69) is 9.97 Å². The molecule has 1 aromatic heterocycles. The first-order valence-electron chi connectivity index (χ1n) is 5.84. The van der Waals surface area contributed by atoms with E-state index in [-0.39, 0.29) is 0 Å². The van der Waals surface area contributed by atoms with Gasteiger partial charge in [0.25, 0.3) is 0 Å². The van der Waals surface area contributed by atoms with E-state index < -0.39 is 0 Å². The molecule has 2 aromatic carbocycles. The van der Waals surface area contributed by atoms with E-state index in [9.17, 15) is 0 Å². The molecule has 19 heavy (non-hydrogen) atoms. The van der Waals surface area contributed by atoms with Gasteiger partial charge in [0, 0.05) is 10.9 Å². The number of aromatic nitrogens is 2. The third kappa shape index (κ3) is 2.25. The van der Waals surface area contributed by atoms with Crippen LogP contribution in [0, 0.1) is 0 Å². The summed E-state index contributed by atoms with van der Waals surface area (Å²) in [7, 11) is 1.64. The van der Waals surface area contributed by atoms with E-state index in [1.165, 1.54) is 0 Å². The average Bonchev–Trinajstić information content (AvgIpc) is 2.47. The predicted octanol–water partition coefficient (Wildman–Crippen LogP) is 3.96. The molecule has 3 rings (SSSR count). The van der Waals surface area contributed by atoms with E-state index in [4.69, 9.17) is 16.3 Å². The first kappa shape index (κ1) is 11.9. The van der Waals surface area contributed by atoms with E-state index in [0.29, 0.717) is 11.0 Å². The summed E-state index contributed by atoms with van der Waals surface area (Å²) in [4.78, 5) is 8.87. The summed E-state index contributed by atoms with van der Waals surface area (Å²) in [6.07, 6.45) is 0. The lowest BCUT2D eigenvalue weighted by Crippen LogP contribution is -1.92. The topological polar surface area (TPSA) is 35.0 Å². The summed E-state index contributed by atoms with van der Waals surface area (Å²) in [6, 6.07) is 15.3. The fraction of sp³-hybridized carbons (Fsp3) is 0.0667. The highest BCUT2D eigenvalue weighted by Crippen LogP contribution is 2.25. The molecule has 4 heteroatoms. The minimum absolute atomic E-state index is 0.469. The summed E-state index contributed by atoms with van der Waals surface area (Å²) >= 11 is 6.19. The van der Waals surface area contributed by atoms with Crippen LogP contribution in [0.15, 0.2) is 48.5 Å². The van der Waals surface area contributed by atoms with Crippen LogP contribution in [-0.2, 0) is 0 Å². The number of fused-ring (bicyclic) bond motifs is 1. The van der Waals surface area contributed by atoms with Crippen LogP contribution in [0.1, 0.15) is 0 Å². The normalized spacial score (nSPS) is 10.6. The minimum Gasteiger partial charge on any atom is -0.497 e. The zero-order chi connectivity index (χ0) is 13.2. The Morgan fingerprint density at radius 1 is 0.947 bits per heavy atom. The lowest BCUT2D eigenvalue weighted by Gasteiger charge is -2.05. The molecule has 0 saturated heterocycles. The predicted molar refractivity (Wildman–Crippen MR) is 76.5 cm³/mol. The fourth-order valence-electron chi connectivity index (χ4n) is 1.91. The second-order valence-electron chi connectivity index (χ2n) is 4.08. The highest BCUT2D eigenvalue weighted by atomic mass is 35.5. The van der Waals surface area contributed by atoms with Gasteiger partial charge in [-0.25, -0.2) is 9.97 Å². The van der Waals surface area contributed by atoms with Crippen molar-refractivity contribution in [2.24, 2.45) is 0 Å². The smallest absolute Gasteiger partial charge is 0.161 e. The maximum Gasteiger partial charge on any atom is 0.161 e. The number of ether oxygens (including phenoxy) is 1. The number of nitrogens with zero attached hydrogens (tertiary/aromatic N) is 2. The Kier molecular flexibility index (Phi) is 3.05. The van der Waals surface area contributed by atoms with Gasteiger partial charge in [0.1, 0.15) is 10.9 Å². The van der Waals surface area contributed by atoms with Crippen molar-refractivity contribution in [3.63, 3.8) is 0 Å². The quantitative estimate of drug-likeness (QED) is 0.661. The molecular weight excluding hydrogens is 260 g/mol. The third-order valence-electron chi connectivity index (χ3n) is 2.90. The molecule has 3 aromatic rings. The zero-order valence-corrected chi connectivity index (χ0v) is 11.1. The molecule has 94 valence electrons. The second-order valence-corrected chi connectivity index (χ2v) is 4.44. The molecule has 3 nitrogen and oxygen atoms in total. The molecule has 0 unspecified atom stereocenters. The third-order valence-corrected chi connectivity index (χ3v) is 3.19. The number of hydrogen-bond acceptors (Lipinski definition) is 3.